The second-order valence-corrected chi connectivity index (χ2v) is 11.4. The molecule has 12 nitrogen and oxygen atoms in total. The van der Waals surface area contributed by atoms with Crippen molar-refractivity contribution >= 4 is 78.2 Å². The molecule has 15 heteroatoms. The fourth-order valence-corrected chi connectivity index (χ4v) is 5.12. The van der Waals surface area contributed by atoms with Crippen LogP contribution < -0.4 is 14.9 Å². The maximum absolute atomic E-state index is 12.0. The molecule has 0 saturated heterocycles. The molecule has 2 heterocycles. The van der Waals surface area contributed by atoms with Crippen LogP contribution in [0.1, 0.15) is 21.0 Å². The normalized spacial score (nSPS) is 10.3. The van der Waals surface area contributed by atoms with Gasteiger partial charge in [-0.2, -0.15) is 10.2 Å². The molecule has 4 aromatic carbocycles. The molecule has 0 aliphatic heterocycles. The predicted octanol–water partition coefficient (Wildman–Crippen LogP) is 5.07. The standard InChI is InChI=1S/C16H13BrN2O3.C10H10N2O3.C6H6BBrO2/c1-21-12-6-7-13-14(9-12)19(18-15(13)16(20)22-2)11-5-3-4-10(17)8-11;1-14-6-3-4-7-8(5-6)11-12-9(7)10(13)15-2;8-6-3-1-2-5(4-6)7(9)10/h3-9H,1-2H3;3-5H,1-2H3,(H,11,12);1-4,9-10H. The number of ether oxygens (including phenoxy) is 4. The van der Waals surface area contributed by atoms with Crippen molar-refractivity contribution in [1.29, 1.82) is 0 Å². The van der Waals surface area contributed by atoms with Gasteiger partial charge in [-0.05, 0) is 60.1 Å². The first kappa shape index (κ1) is 35.2. The molecule has 0 aliphatic carbocycles. The largest absolute Gasteiger partial charge is 0.497 e. The summed E-state index contributed by atoms with van der Waals surface area (Å²) in [6.07, 6.45) is 0. The van der Waals surface area contributed by atoms with E-state index in [2.05, 4.69) is 51.9 Å². The maximum Gasteiger partial charge on any atom is 0.488 e. The second-order valence-electron chi connectivity index (χ2n) is 9.52. The average Bonchev–Trinajstić information content (AvgIpc) is 3.69. The van der Waals surface area contributed by atoms with Gasteiger partial charge in [-0.15, -0.1) is 0 Å². The summed E-state index contributed by atoms with van der Waals surface area (Å²) in [5.41, 5.74) is 3.42. The Labute approximate surface area is 286 Å². The number of nitrogens with zero attached hydrogens (tertiary/aromatic N) is 3. The van der Waals surface area contributed by atoms with Gasteiger partial charge in [0.15, 0.2) is 11.4 Å². The summed E-state index contributed by atoms with van der Waals surface area (Å²) in [7, 11) is 4.47. The van der Waals surface area contributed by atoms with E-state index in [9.17, 15) is 9.59 Å². The summed E-state index contributed by atoms with van der Waals surface area (Å²) in [6.45, 7) is 0. The third-order valence-corrected chi connectivity index (χ3v) is 7.60. The van der Waals surface area contributed by atoms with Crippen LogP contribution in [0.15, 0.2) is 93.9 Å². The van der Waals surface area contributed by atoms with E-state index in [1.807, 2.05) is 42.5 Å². The molecule has 6 rings (SSSR count). The summed E-state index contributed by atoms with van der Waals surface area (Å²) in [5, 5.41) is 29.9. The van der Waals surface area contributed by atoms with Gasteiger partial charge in [0.1, 0.15) is 11.5 Å². The van der Waals surface area contributed by atoms with Crippen molar-refractivity contribution in [3.63, 3.8) is 0 Å². The molecular weight excluding hydrogens is 739 g/mol. The minimum atomic E-state index is -1.38. The SMILES string of the molecule is COC(=O)c1n[nH]c2cc(OC)ccc12.COC(=O)c1nn(-c2cccc(Br)c2)c2cc(OC)ccc12.OB(O)c1cccc(Br)c1. The van der Waals surface area contributed by atoms with Gasteiger partial charge in [0.2, 0.25) is 0 Å². The van der Waals surface area contributed by atoms with Crippen LogP contribution in [-0.4, -0.2) is 77.5 Å². The van der Waals surface area contributed by atoms with Crippen LogP contribution in [0.2, 0.25) is 0 Å². The van der Waals surface area contributed by atoms with E-state index in [0.29, 0.717) is 22.3 Å². The lowest BCUT2D eigenvalue weighted by atomic mass is 9.81. The minimum Gasteiger partial charge on any atom is -0.497 e. The fourth-order valence-electron chi connectivity index (χ4n) is 4.32. The van der Waals surface area contributed by atoms with Crippen LogP contribution in [0, 0.1) is 0 Å². The molecule has 0 bridgehead atoms. The van der Waals surface area contributed by atoms with Gasteiger partial charge in [0, 0.05) is 31.9 Å². The smallest absolute Gasteiger partial charge is 0.488 e. The summed E-state index contributed by atoms with van der Waals surface area (Å²) in [6, 6.07) is 25.3. The lowest BCUT2D eigenvalue weighted by Crippen LogP contribution is -2.29. The molecule has 0 aliphatic rings. The molecule has 242 valence electrons. The van der Waals surface area contributed by atoms with Gasteiger partial charge in [0.05, 0.1) is 45.2 Å². The zero-order valence-corrected chi connectivity index (χ0v) is 28.8. The summed E-state index contributed by atoms with van der Waals surface area (Å²) >= 11 is 6.65. The van der Waals surface area contributed by atoms with E-state index in [-0.39, 0.29) is 11.4 Å². The number of H-pyrrole nitrogens is 1. The van der Waals surface area contributed by atoms with Gasteiger partial charge in [-0.1, -0.05) is 50.1 Å². The predicted molar refractivity (Wildman–Crippen MR) is 185 cm³/mol. The molecule has 0 atom stereocenters. The van der Waals surface area contributed by atoms with Crippen LogP contribution in [0.3, 0.4) is 0 Å². The molecule has 0 unspecified atom stereocenters. The van der Waals surface area contributed by atoms with Crippen molar-refractivity contribution in [3.8, 4) is 17.2 Å². The highest BCUT2D eigenvalue weighted by atomic mass is 79.9. The van der Waals surface area contributed by atoms with Crippen LogP contribution >= 0.6 is 31.9 Å². The van der Waals surface area contributed by atoms with E-state index >= 15 is 0 Å². The Hall–Kier alpha value is -4.70. The average molecular weight is 768 g/mol. The van der Waals surface area contributed by atoms with E-state index in [1.165, 1.54) is 14.2 Å². The monoisotopic (exact) mass is 766 g/mol. The molecule has 0 spiro atoms. The number of aromatic nitrogens is 4. The quantitative estimate of drug-likeness (QED) is 0.154. The van der Waals surface area contributed by atoms with Crippen LogP contribution in [-0.2, 0) is 9.47 Å². The number of methoxy groups -OCH3 is 4. The lowest BCUT2D eigenvalue weighted by Gasteiger charge is -2.05. The first-order chi connectivity index (χ1) is 22.6. The van der Waals surface area contributed by atoms with Crippen molar-refractivity contribution < 1.29 is 38.6 Å². The van der Waals surface area contributed by atoms with Gasteiger partial charge >= 0.3 is 19.1 Å². The molecule has 2 aromatic heterocycles. The number of benzene rings is 4. The highest BCUT2D eigenvalue weighted by Crippen LogP contribution is 2.28. The number of hydrogen-bond acceptors (Lipinski definition) is 10. The molecule has 0 amide bonds. The Bertz CT molecular complexity index is 2010. The van der Waals surface area contributed by atoms with Crippen molar-refractivity contribution in [2.45, 2.75) is 0 Å². The molecule has 0 fully saturated rings. The number of rotatable bonds is 6. The topological polar surface area (TPSA) is 158 Å². The lowest BCUT2D eigenvalue weighted by molar-refractivity contribution is 0.0587. The molecular formula is C32H29BBr2N4O8. The molecule has 6 aromatic rings. The summed E-state index contributed by atoms with van der Waals surface area (Å²) < 4.78 is 23.2. The van der Waals surface area contributed by atoms with Crippen molar-refractivity contribution in [1.82, 2.24) is 20.0 Å². The van der Waals surface area contributed by atoms with Gasteiger partial charge in [-0.3, -0.25) is 5.10 Å². The minimum absolute atomic E-state index is 0.278. The van der Waals surface area contributed by atoms with Crippen molar-refractivity contribution in [3.05, 3.63) is 105 Å². The Kier molecular flexibility index (Phi) is 12.1. The van der Waals surface area contributed by atoms with Gasteiger partial charge < -0.3 is 29.0 Å². The van der Waals surface area contributed by atoms with E-state index in [1.54, 1.807) is 61.4 Å². The summed E-state index contributed by atoms with van der Waals surface area (Å²) in [5.74, 6) is 0.484. The molecule has 0 radical (unpaired) electrons. The number of carbonyl (C=O) groups excluding carboxylic acids is 2. The first-order valence-corrected chi connectivity index (χ1v) is 15.3. The van der Waals surface area contributed by atoms with Gasteiger partial charge in [-0.25, -0.2) is 14.3 Å². The maximum atomic E-state index is 12.0. The van der Waals surface area contributed by atoms with E-state index in [0.717, 1.165) is 31.1 Å². The van der Waals surface area contributed by atoms with E-state index < -0.39 is 19.1 Å². The van der Waals surface area contributed by atoms with E-state index in [4.69, 9.17) is 24.3 Å². The first-order valence-electron chi connectivity index (χ1n) is 13.7. The molecule has 0 saturated carbocycles. The zero-order valence-electron chi connectivity index (χ0n) is 25.6. The Morgan fingerprint density at radius 3 is 1.91 bits per heavy atom. The van der Waals surface area contributed by atoms with Crippen molar-refractivity contribution in [2.75, 3.05) is 28.4 Å². The van der Waals surface area contributed by atoms with Crippen LogP contribution in [0.5, 0.6) is 11.5 Å². The Balaban J connectivity index is 0.000000173. The molecule has 3 N–H and O–H groups in total. The van der Waals surface area contributed by atoms with Crippen molar-refractivity contribution in [2.24, 2.45) is 0 Å². The number of carbonyl (C=O) groups is 2. The number of aromatic amines is 1. The third-order valence-electron chi connectivity index (χ3n) is 6.62. The Morgan fingerprint density at radius 1 is 0.745 bits per heavy atom. The number of hydrogen-bond donors (Lipinski definition) is 3. The third kappa shape index (κ3) is 8.57. The van der Waals surface area contributed by atoms with Gasteiger partial charge in [0.25, 0.3) is 0 Å². The zero-order chi connectivity index (χ0) is 34.1. The number of esters is 2. The highest BCUT2D eigenvalue weighted by Gasteiger charge is 2.19. The number of fused-ring (bicyclic) bond motifs is 2. The Morgan fingerprint density at radius 2 is 1.34 bits per heavy atom. The highest BCUT2D eigenvalue weighted by molar-refractivity contribution is 9.10. The second kappa shape index (κ2) is 16.2. The summed E-state index contributed by atoms with van der Waals surface area (Å²) in [4.78, 5) is 23.3. The fraction of sp³-hybridized carbons (Fsp3) is 0.125. The molecule has 47 heavy (non-hydrogen) atoms. The van der Waals surface area contributed by atoms with Crippen LogP contribution in [0.25, 0.3) is 27.5 Å². The number of halogens is 2. The number of nitrogens with one attached hydrogen (secondary N) is 1. The van der Waals surface area contributed by atoms with Crippen LogP contribution in [0.4, 0.5) is 0 Å².